The van der Waals surface area contributed by atoms with E-state index in [0.717, 1.165) is 29.0 Å². The van der Waals surface area contributed by atoms with E-state index in [2.05, 4.69) is 15.6 Å². The summed E-state index contributed by atoms with van der Waals surface area (Å²) in [5.41, 5.74) is 3.07. The Bertz CT molecular complexity index is 704. The molecule has 0 heterocycles. The van der Waals surface area contributed by atoms with Crippen LogP contribution in [0.15, 0.2) is 47.5 Å². The van der Waals surface area contributed by atoms with Crippen molar-refractivity contribution in [3.8, 4) is 5.75 Å². The molecule has 0 amide bonds. The third-order valence-corrected chi connectivity index (χ3v) is 4.21. The maximum Gasteiger partial charge on any atom is 0.191 e. The SMILES string of the molecule is CCNC(=NCc1ccc(O)cc1)NCc1ccc(F)cc1CSC. The number of phenolic OH excluding ortho intramolecular Hbond substituents is 1. The van der Waals surface area contributed by atoms with Crippen molar-refractivity contribution in [3.05, 3.63) is 65.0 Å². The van der Waals surface area contributed by atoms with Gasteiger partial charge in [-0.05, 0) is 54.1 Å². The van der Waals surface area contributed by atoms with Crippen molar-refractivity contribution in [1.29, 1.82) is 0 Å². The molecule has 0 atom stereocenters. The number of hydrogen-bond donors (Lipinski definition) is 3. The van der Waals surface area contributed by atoms with Gasteiger partial charge < -0.3 is 15.7 Å². The van der Waals surface area contributed by atoms with Crippen molar-refractivity contribution >= 4 is 17.7 Å². The monoisotopic (exact) mass is 361 g/mol. The molecule has 0 aliphatic rings. The number of guanidine groups is 1. The van der Waals surface area contributed by atoms with E-state index >= 15 is 0 Å². The Kier molecular flexibility index (Phi) is 7.60. The van der Waals surface area contributed by atoms with Crippen LogP contribution in [0.1, 0.15) is 23.6 Å². The lowest BCUT2D eigenvalue weighted by Crippen LogP contribution is -2.37. The van der Waals surface area contributed by atoms with Crippen LogP contribution in [0.5, 0.6) is 5.75 Å². The summed E-state index contributed by atoms with van der Waals surface area (Å²) < 4.78 is 13.4. The van der Waals surface area contributed by atoms with Gasteiger partial charge >= 0.3 is 0 Å². The number of nitrogens with zero attached hydrogens (tertiary/aromatic N) is 1. The van der Waals surface area contributed by atoms with Gasteiger partial charge in [0.2, 0.25) is 0 Å². The van der Waals surface area contributed by atoms with Gasteiger partial charge in [0, 0.05) is 18.8 Å². The molecule has 6 heteroatoms. The lowest BCUT2D eigenvalue weighted by Gasteiger charge is -2.14. The largest absolute Gasteiger partial charge is 0.508 e. The first kappa shape index (κ1) is 19.1. The zero-order valence-corrected chi connectivity index (χ0v) is 15.4. The van der Waals surface area contributed by atoms with E-state index in [0.29, 0.717) is 19.0 Å². The minimum Gasteiger partial charge on any atom is -0.508 e. The Labute approximate surface area is 152 Å². The highest BCUT2D eigenvalue weighted by atomic mass is 32.2. The summed E-state index contributed by atoms with van der Waals surface area (Å²) in [6, 6.07) is 11.9. The fourth-order valence-corrected chi connectivity index (χ4v) is 2.93. The number of hydrogen-bond acceptors (Lipinski definition) is 3. The maximum absolute atomic E-state index is 13.4. The molecule has 2 aromatic rings. The van der Waals surface area contributed by atoms with E-state index in [1.54, 1.807) is 30.0 Å². The highest BCUT2D eigenvalue weighted by molar-refractivity contribution is 7.97. The second-order valence-corrected chi connectivity index (χ2v) is 6.43. The van der Waals surface area contributed by atoms with Crippen molar-refractivity contribution in [1.82, 2.24) is 10.6 Å². The molecule has 4 nitrogen and oxygen atoms in total. The molecule has 2 rings (SSSR count). The smallest absolute Gasteiger partial charge is 0.191 e. The second-order valence-electron chi connectivity index (χ2n) is 5.56. The van der Waals surface area contributed by atoms with Crippen molar-refractivity contribution in [2.45, 2.75) is 25.8 Å². The van der Waals surface area contributed by atoms with Gasteiger partial charge in [0.05, 0.1) is 6.54 Å². The molecule has 25 heavy (non-hydrogen) atoms. The Morgan fingerprint density at radius 1 is 1.12 bits per heavy atom. The molecule has 0 bridgehead atoms. The summed E-state index contributed by atoms with van der Waals surface area (Å²) in [5.74, 6) is 1.52. The summed E-state index contributed by atoms with van der Waals surface area (Å²) in [7, 11) is 0. The molecule has 0 radical (unpaired) electrons. The minimum absolute atomic E-state index is 0.208. The highest BCUT2D eigenvalue weighted by Gasteiger charge is 2.05. The van der Waals surface area contributed by atoms with Crippen molar-refractivity contribution in [3.63, 3.8) is 0 Å². The number of benzene rings is 2. The average molecular weight is 361 g/mol. The predicted octanol–water partition coefficient (Wildman–Crippen LogP) is 3.65. The fourth-order valence-electron chi connectivity index (χ4n) is 2.35. The molecule has 0 aliphatic heterocycles. The van der Waals surface area contributed by atoms with Crippen LogP contribution in [0.4, 0.5) is 4.39 Å². The van der Waals surface area contributed by atoms with Gasteiger partial charge in [-0.2, -0.15) is 11.8 Å². The van der Waals surface area contributed by atoms with Crippen LogP contribution in [-0.2, 0) is 18.8 Å². The quantitative estimate of drug-likeness (QED) is 0.520. The molecule has 134 valence electrons. The summed E-state index contributed by atoms with van der Waals surface area (Å²) in [6.45, 7) is 3.85. The molecule has 0 saturated carbocycles. The van der Waals surface area contributed by atoms with Gasteiger partial charge in [0.25, 0.3) is 0 Å². The first-order valence-electron chi connectivity index (χ1n) is 8.18. The molecule has 0 saturated heterocycles. The van der Waals surface area contributed by atoms with Crippen LogP contribution < -0.4 is 10.6 Å². The van der Waals surface area contributed by atoms with Gasteiger partial charge in [0.1, 0.15) is 11.6 Å². The summed E-state index contributed by atoms with van der Waals surface area (Å²) in [4.78, 5) is 4.56. The van der Waals surface area contributed by atoms with E-state index in [9.17, 15) is 9.50 Å². The number of phenols is 1. The van der Waals surface area contributed by atoms with Crippen LogP contribution in [0, 0.1) is 5.82 Å². The maximum atomic E-state index is 13.4. The number of aliphatic imine (C=N–C) groups is 1. The molecule has 0 aromatic heterocycles. The van der Waals surface area contributed by atoms with E-state index < -0.39 is 0 Å². The number of rotatable bonds is 7. The average Bonchev–Trinajstić information content (AvgIpc) is 2.60. The van der Waals surface area contributed by atoms with E-state index in [4.69, 9.17) is 0 Å². The first-order valence-corrected chi connectivity index (χ1v) is 9.58. The Balaban J connectivity index is 2.03. The summed E-state index contributed by atoms with van der Waals surface area (Å²) in [5, 5.41) is 15.8. The van der Waals surface area contributed by atoms with Crippen LogP contribution in [0.3, 0.4) is 0 Å². The topological polar surface area (TPSA) is 56.7 Å². The summed E-state index contributed by atoms with van der Waals surface area (Å²) in [6.07, 6.45) is 2.01. The Morgan fingerprint density at radius 2 is 1.88 bits per heavy atom. The van der Waals surface area contributed by atoms with E-state index in [1.165, 1.54) is 6.07 Å². The molecule has 0 aliphatic carbocycles. The number of thioether (sulfide) groups is 1. The highest BCUT2D eigenvalue weighted by Crippen LogP contribution is 2.16. The van der Waals surface area contributed by atoms with Gasteiger partial charge in [-0.3, -0.25) is 0 Å². The standard InChI is InChI=1S/C19H24FN3OS/c1-3-21-19(22-11-14-4-8-18(24)9-5-14)23-12-15-6-7-17(20)10-16(15)13-25-2/h4-10,24H,3,11-13H2,1-2H3,(H2,21,22,23). The minimum atomic E-state index is -0.208. The molecular formula is C19H24FN3OS. The Hall–Kier alpha value is -2.21. The van der Waals surface area contributed by atoms with Crippen molar-refractivity contribution in [2.75, 3.05) is 12.8 Å². The molecule has 0 unspecified atom stereocenters. The number of halogens is 1. The van der Waals surface area contributed by atoms with Crippen LogP contribution in [0.2, 0.25) is 0 Å². The molecule has 2 aromatic carbocycles. The van der Waals surface area contributed by atoms with E-state index in [-0.39, 0.29) is 11.6 Å². The summed E-state index contributed by atoms with van der Waals surface area (Å²) >= 11 is 1.67. The number of nitrogens with one attached hydrogen (secondary N) is 2. The predicted molar refractivity (Wildman–Crippen MR) is 103 cm³/mol. The van der Waals surface area contributed by atoms with Crippen molar-refractivity contribution in [2.24, 2.45) is 4.99 Å². The third-order valence-electron chi connectivity index (χ3n) is 3.61. The van der Waals surface area contributed by atoms with Gasteiger partial charge in [0.15, 0.2) is 5.96 Å². The fraction of sp³-hybridized carbons (Fsp3) is 0.316. The lowest BCUT2D eigenvalue weighted by atomic mass is 10.1. The van der Waals surface area contributed by atoms with Gasteiger partial charge in [-0.1, -0.05) is 18.2 Å². The Morgan fingerprint density at radius 3 is 2.56 bits per heavy atom. The third kappa shape index (κ3) is 6.31. The second kappa shape index (κ2) is 9.93. The van der Waals surface area contributed by atoms with Gasteiger partial charge in [-0.15, -0.1) is 0 Å². The zero-order valence-electron chi connectivity index (χ0n) is 14.6. The van der Waals surface area contributed by atoms with Crippen LogP contribution in [0.25, 0.3) is 0 Å². The van der Waals surface area contributed by atoms with Gasteiger partial charge in [-0.25, -0.2) is 9.38 Å². The molecular weight excluding hydrogens is 337 g/mol. The zero-order chi connectivity index (χ0) is 18.1. The van der Waals surface area contributed by atoms with Crippen LogP contribution >= 0.6 is 11.8 Å². The van der Waals surface area contributed by atoms with Crippen molar-refractivity contribution < 1.29 is 9.50 Å². The lowest BCUT2D eigenvalue weighted by molar-refractivity contribution is 0.475. The molecule has 3 N–H and O–H groups in total. The molecule has 0 spiro atoms. The number of aromatic hydroxyl groups is 1. The van der Waals surface area contributed by atoms with E-state index in [1.807, 2.05) is 31.4 Å². The van der Waals surface area contributed by atoms with Crippen LogP contribution in [-0.4, -0.2) is 23.9 Å². The normalized spacial score (nSPS) is 11.4. The first-order chi connectivity index (χ1) is 12.1. The molecule has 0 fully saturated rings.